The summed E-state index contributed by atoms with van der Waals surface area (Å²) in [6.45, 7) is 1.72. The molecule has 0 radical (unpaired) electrons. The van der Waals surface area contributed by atoms with Crippen LogP contribution in [0.3, 0.4) is 0 Å². The molecule has 0 bridgehead atoms. The number of benzene rings is 1. The quantitative estimate of drug-likeness (QED) is 0.909. The highest BCUT2D eigenvalue weighted by atomic mass is 16.5. The van der Waals surface area contributed by atoms with Crippen molar-refractivity contribution in [2.75, 3.05) is 20.2 Å². The molecule has 0 saturated carbocycles. The van der Waals surface area contributed by atoms with E-state index < -0.39 is 0 Å². The highest BCUT2D eigenvalue weighted by Gasteiger charge is 2.18. The average molecular weight is 254 g/mol. The van der Waals surface area contributed by atoms with E-state index in [1.165, 1.54) is 16.7 Å². The number of nitrogens with zero attached hydrogens (tertiary/aromatic N) is 1. The largest absolute Gasteiger partial charge is 0.493 e. The second kappa shape index (κ2) is 5.41. The number of rotatable bonds is 4. The Labute approximate surface area is 113 Å². The van der Waals surface area contributed by atoms with Gasteiger partial charge in [-0.25, -0.2) is 0 Å². The molecule has 1 atom stereocenters. The summed E-state index contributed by atoms with van der Waals surface area (Å²) in [4.78, 5) is 4.23. The van der Waals surface area contributed by atoms with E-state index in [1.807, 2.05) is 25.5 Å². The fourth-order valence-corrected chi connectivity index (χ4v) is 2.64. The number of fused-ring (bicyclic) bond motifs is 1. The molecule has 0 fully saturated rings. The summed E-state index contributed by atoms with van der Waals surface area (Å²) in [6.07, 6.45) is 4.78. The molecule has 3 heteroatoms. The second-order valence-electron chi connectivity index (χ2n) is 4.86. The van der Waals surface area contributed by atoms with Gasteiger partial charge in [0.15, 0.2) is 0 Å². The van der Waals surface area contributed by atoms with Gasteiger partial charge in [-0.3, -0.25) is 4.98 Å². The Morgan fingerprint density at radius 1 is 1.32 bits per heavy atom. The first-order valence-corrected chi connectivity index (χ1v) is 6.68. The van der Waals surface area contributed by atoms with Crippen LogP contribution in [0.5, 0.6) is 5.75 Å². The first-order chi connectivity index (χ1) is 9.38. The molecular formula is C16H18N2O. The minimum absolute atomic E-state index is 0.338. The van der Waals surface area contributed by atoms with Crippen LogP contribution in [-0.4, -0.2) is 25.2 Å². The van der Waals surface area contributed by atoms with E-state index in [9.17, 15) is 0 Å². The van der Waals surface area contributed by atoms with E-state index in [1.54, 1.807) is 0 Å². The molecule has 19 heavy (non-hydrogen) atoms. The van der Waals surface area contributed by atoms with Gasteiger partial charge in [0.2, 0.25) is 0 Å². The standard InChI is InChI=1S/C16H18N2O/c1-17-11-15(14-3-2-7-18-10-14)12-4-5-16-13(9-12)6-8-19-16/h2-5,7,9-10,15,17H,6,8,11H2,1H3. The number of aromatic nitrogens is 1. The van der Waals surface area contributed by atoms with Crippen molar-refractivity contribution >= 4 is 0 Å². The van der Waals surface area contributed by atoms with Gasteiger partial charge >= 0.3 is 0 Å². The summed E-state index contributed by atoms with van der Waals surface area (Å²) >= 11 is 0. The highest BCUT2D eigenvalue weighted by molar-refractivity contribution is 5.43. The fraction of sp³-hybridized carbons (Fsp3) is 0.312. The smallest absolute Gasteiger partial charge is 0.122 e. The van der Waals surface area contributed by atoms with Crippen LogP contribution in [0, 0.1) is 0 Å². The summed E-state index contributed by atoms with van der Waals surface area (Å²) in [7, 11) is 1.99. The molecule has 3 rings (SSSR count). The van der Waals surface area contributed by atoms with Gasteiger partial charge < -0.3 is 10.1 Å². The zero-order valence-electron chi connectivity index (χ0n) is 11.1. The molecule has 1 N–H and O–H groups in total. The normalized spacial score (nSPS) is 14.8. The van der Waals surface area contributed by atoms with E-state index >= 15 is 0 Å². The monoisotopic (exact) mass is 254 g/mol. The summed E-state index contributed by atoms with van der Waals surface area (Å²) in [6, 6.07) is 10.7. The highest BCUT2D eigenvalue weighted by Crippen LogP contribution is 2.31. The first-order valence-electron chi connectivity index (χ1n) is 6.68. The number of pyridine rings is 1. The van der Waals surface area contributed by atoms with Gasteiger partial charge in [-0.05, 0) is 35.9 Å². The molecule has 1 aliphatic heterocycles. The molecule has 2 heterocycles. The third-order valence-electron chi connectivity index (χ3n) is 3.61. The SMILES string of the molecule is CNCC(c1cccnc1)c1ccc2c(c1)CCO2. The number of nitrogens with one attached hydrogen (secondary N) is 1. The summed E-state index contributed by atoms with van der Waals surface area (Å²) in [5, 5.41) is 3.27. The van der Waals surface area contributed by atoms with Crippen LogP contribution < -0.4 is 10.1 Å². The van der Waals surface area contributed by atoms with Crippen LogP contribution in [0.15, 0.2) is 42.7 Å². The summed E-state index contributed by atoms with van der Waals surface area (Å²) in [5.74, 6) is 1.38. The molecule has 0 spiro atoms. The number of hydrogen-bond acceptors (Lipinski definition) is 3. The zero-order valence-corrected chi connectivity index (χ0v) is 11.1. The molecule has 1 unspecified atom stereocenters. The zero-order chi connectivity index (χ0) is 13.1. The fourth-order valence-electron chi connectivity index (χ4n) is 2.64. The van der Waals surface area contributed by atoms with Gasteiger partial charge in [0.05, 0.1) is 6.61 Å². The van der Waals surface area contributed by atoms with Gasteiger partial charge in [0, 0.05) is 31.3 Å². The van der Waals surface area contributed by atoms with Crippen molar-refractivity contribution < 1.29 is 4.74 Å². The molecular weight excluding hydrogens is 236 g/mol. The predicted molar refractivity (Wildman–Crippen MR) is 75.6 cm³/mol. The third-order valence-corrected chi connectivity index (χ3v) is 3.61. The molecule has 0 aliphatic carbocycles. The van der Waals surface area contributed by atoms with Crippen molar-refractivity contribution in [2.45, 2.75) is 12.3 Å². The minimum Gasteiger partial charge on any atom is -0.493 e. The molecule has 2 aromatic rings. The third kappa shape index (κ3) is 2.47. The first kappa shape index (κ1) is 12.2. The van der Waals surface area contributed by atoms with Crippen molar-refractivity contribution in [2.24, 2.45) is 0 Å². The molecule has 3 nitrogen and oxygen atoms in total. The number of likely N-dealkylation sites (N-methyl/N-ethyl adjacent to an activating group) is 1. The Morgan fingerprint density at radius 3 is 3.05 bits per heavy atom. The van der Waals surface area contributed by atoms with E-state index in [0.29, 0.717) is 5.92 Å². The van der Waals surface area contributed by atoms with Gasteiger partial charge in [0.1, 0.15) is 5.75 Å². The summed E-state index contributed by atoms with van der Waals surface area (Å²) in [5.41, 5.74) is 3.89. The minimum atomic E-state index is 0.338. The Hall–Kier alpha value is -1.87. The van der Waals surface area contributed by atoms with Crippen molar-refractivity contribution in [1.29, 1.82) is 0 Å². The number of ether oxygens (including phenoxy) is 1. The average Bonchev–Trinajstić information content (AvgIpc) is 2.93. The van der Waals surface area contributed by atoms with Gasteiger partial charge in [0.25, 0.3) is 0 Å². The molecule has 0 amide bonds. The lowest BCUT2D eigenvalue weighted by molar-refractivity contribution is 0.357. The van der Waals surface area contributed by atoms with Gasteiger partial charge in [-0.2, -0.15) is 0 Å². The molecule has 1 aromatic heterocycles. The van der Waals surface area contributed by atoms with E-state index in [0.717, 1.165) is 25.3 Å². The van der Waals surface area contributed by atoms with Crippen LogP contribution in [0.4, 0.5) is 0 Å². The molecule has 1 aromatic carbocycles. The van der Waals surface area contributed by atoms with Gasteiger partial charge in [-0.1, -0.05) is 18.2 Å². The lowest BCUT2D eigenvalue weighted by Crippen LogP contribution is -2.18. The van der Waals surface area contributed by atoms with Crippen LogP contribution >= 0.6 is 0 Å². The molecule has 0 saturated heterocycles. The van der Waals surface area contributed by atoms with Crippen molar-refractivity contribution in [3.8, 4) is 5.75 Å². The van der Waals surface area contributed by atoms with E-state index in [2.05, 4.69) is 34.6 Å². The molecule has 98 valence electrons. The van der Waals surface area contributed by atoms with E-state index in [-0.39, 0.29) is 0 Å². The van der Waals surface area contributed by atoms with Crippen LogP contribution in [0.2, 0.25) is 0 Å². The maximum atomic E-state index is 5.57. The van der Waals surface area contributed by atoms with Crippen molar-refractivity contribution in [3.05, 3.63) is 59.4 Å². The summed E-state index contributed by atoms with van der Waals surface area (Å²) < 4.78 is 5.57. The Kier molecular flexibility index (Phi) is 3.47. The Morgan fingerprint density at radius 2 is 2.26 bits per heavy atom. The lowest BCUT2D eigenvalue weighted by atomic mass is 9.91. The predicted octanol–water partition coefficient (Wildman–Crippen LogP) is 2.37. The van der Waals surface area contributed by atoms with Crippen LogP contribution in [0.25, 0.3) is 0 Å². The Balaban J connectivity index is 1.96. The second-order valence-corrected chi connectivity index (χ2v) is 4.86. The van der Waals surface area contributed by atoms with E-state index in [4.69, 9.17) is 4.74 Å². The van der Waals surface area contributed by atoms with Crippen molar-refractivity contribution in [3.63, 3.8) is 0 Å². The molecule has 1 aliphatic rings. The topological polar surface area (TPSA) is 34.2 Å². The lowest BCUT2D eigenvalue weighted by Gasteiger charge is -2.18. The maximum Gasteiger partial charge on any atom is 0.122 e. The Bertz CT molecular complexity index is 554. The van der Waals surface area contributed by atoms with Crippen LogP contribution in [-0.2, 0) is 6.42 Å². The maximum absolute atomic E-state index is 5.57. The van der Waals surface area contributed by atoms with Crippen molar-refractivity contribution in [1.82, 2.24) is 10.3 Å². The van der Waals surface area contributed by atoms with Gasteiger partial charge in [-0.15, -0.1) is 0 Å². The number of hydrogen-bond donors (Lipinski definition) is 1. The van der Waals surface area contributed by atoms with Crippen LogP contribution in [0.1, 0.15) is 22.6 Å².